The fraction of sp³-hybridized carbons (Fsp3) is 0.118. The van der Waals surface area contributed by atoms with Crippen molar-refractivity contribution in [3.8, 4) is 0 Å². The van der Waals surface area contributed by atoms with Crippen LogP contribution in [0.25, 0.3) is 0 Å². The van der Waals surface area contributed by atoms with Crippen molar-refractivity contribution in [1.82, 2.24) is 15.2 Å². The number of benzene rings is 2. The first-order chi connectivity index (χ1) is 11.2. The predicted octanol–water partition coefficient (Wildman–Crippen LogP) is 3.22. The third-order valence-corrected chi connectivity index (χ3v) is 4.04. The average molecular weight is 324 g/mol. The molecule has 2 N–H and O–H groups in total. The summed E-state index contributed by atoms with van der Waals surface area (Å²) in [6.45, 7) is 0. The molecule has 5 nitrogen and oxygen atoms in total. The Morgan fingerprint density at radius 2 is 1.91 bits per heavy atom. The fourth-order valence-electron chi connectivity index (χ4n) is 2.16. The van der Waals surface area contributed by atoms with Crippen molar-refractivity contribution in [2.45, 2.75) is 11.3 Å². The maximum absolute atomic E-state index is 12.2. The Kier molecular flexibility index (Phi) is 4.73. The van der Waals surface area contributed by atoms with Crippen LogP contribution in [0.2, 0.25) is 0 Å². The highest BCUT2D eigenvalue weighted by Crippen LogP contribution is 2.20. The van der Waals surface area contributed by atoms with Gasteiger partial charge in [-0.05, 0) is 30.0 Å². The summed E-state index contributed by atoms with van der Waals surface area (Å²) in [5, 5.41) is 11.2. The lowest BCUT2D eigenvalue weighted by molar-refractivity contribution is 0.874. The van der Waals surface area contributed by atoms with Crippen LogP contribution in [0.4, 0.5) is 11.6 Å². The third-order valence-electron chi connectivity index (χ3n) is 3.31. The normalized spacial score (nSPS) is 10.5. The van der Waals surface area contributed by atoms with Crippen molar-refractivity contribution >= 4 is 23.4 Å². The highest BCUT2D eigenvalue weighted by Gasteiger charge is 2.06. The van der Waals surface area contributed by atoms with Gasteiger partial charge in [0.15, 0.2) is 0 Å². The first kappa shape index (κ1) is 15.3. The molecule has 0 unspecified atom stereocenters. The number of rotatable bonds is 5. The van der Waals surface area contributed by atoms with E-state index < -0.39 is 0 Å². The minimum Gasteiger partial charge on any atom is -0.324 e. The second-order valence-electron chi connectivity index (χ2n) is 4.97. The number of nitrogens with zero attached hydrogens (tertiary/aromatic N) is 2. The summed E-state index contributed by atoms with van der Waals surface area (Å²) in [5.41, 5.74) is 2.06. The lowest BCUT2D eigenvalue weighted by atomic mass is 10.1. The predicted molar refractivity (Wildman–Crippen MR) is 93.4 cm³/mol. The van der Waals surface area contributed by atoms with Crippen molar-refractivity contribution in [2.24, 2.45) is 0 Å². The third kappa shape index (κ3) is 3.98. The summed E-state index contributed by atoms with van der Waals surface area (Å²) in [7, 11) is 0. The van der Waals surface area contributed by atoms with Crippen LogP contribution in [0, 0.1) is 0 Å². The molecular formula is C17H16N4OS. The van der Waals surface area contributed by atoms with E-state index in [4.69, 9.17) is 0 Å². The van der Waals surface area contributed by atoms with Crippen LogP contribution in [0.3, 0.4) is 0 Å². The molecule has 1 aromatic heterocycles. The Bertz CT molecular complexity index is 848. The summed E-state index contributed by atoms with van der Waals surface area (Å²) in [4.78, 5) is 16.0. The second-order valence-corrected chi connectivity index (χ2v) is 5.85. The lowest BCUT2D eigenvalue weighted by Crippen LogP contribution is -2.18. The quantitative estimate of drug-likeness (QED) is 0.705. The van der Waals surface area contributed by atoms with E-state index >= 15 is 0 Å². The van der Waals surface area contributed by atoms with E-state index in [-0.39, 0.29) is 5.56 Å². The molecule has 0 saturated carbocycles. The van der Waals surface area contributed by atoms with Gasteiger partial charge in [-0.3, -0.25) is 9.78 Å². The molecule has 0 bridgehead atoms. The SMILES string of the molecule is CSc1cccc(Nc2nnc(Cc3ccccc3)c(=O)[nH]2)c1. The average Bonchev–Trinajstić information content (AvgIpc) is 2.58. The second kappa shape index (κ2) is 7.11. The summed E-state index contributed by atoms with van der Waals surface area (Å²) in [5.74, 6) is 0.338. The number of H-pyrrole nitrogens is 1. The van der Waals surface area contributed by atoms with E-state index in [0.29, 0.717) is 18.1 Å². The molecule has 1 heterocycles. The Hall–Kier alpha value is -2.60. The first-order valence-electron chi connectivity index (χ1n) is 7.15. The summed E-state index contributed by atoms with van der Waals surface area (Å²) >= 11 is 1.65. The molecule has 0 fully saturated rings. The molecule has 0 spiro atoms. The molecule has 0 aliphatic carbocycles. The fourth-order valence-corrected chi connectivity index (χ4v) is 2.62. The van der Waals surface area contributed by atoms with E-state index in [0.717, 1.165) is 16.1 Å². The summed E-state index contributed by atoms with van der Waals surface area (Å²) < 4.78 is 0. The smallest absolute Gasteiger partial charge is 0.274 e. The summed E-state index contributed by atoms with van der Waals surface area (Å²) in [6.07, 6.45) is 2.48. The molecule has 0 aliphatic heterocycles. The van der Waals surface area contributed by atoms with Crippen LogP contribution in [-0.2, 0) is 6.42 Å². The van der Waals surface area contributed by atoms with Crippen molar-refractivity contribution in [2.75, 3.05) is 11.6 Å². The van der Waals surface area contributed by atoms with Gasteiger partial charge in [-0.25, -0.2) is 0 Å². The highest BCUT2D eigenvalue weighted by atomic mass is 32.2. The van der Waals surface area contributed by atoms with Crippen LogP contribution in [0.1, 0.15) is 11.3 Å². The van der Waals surface area contributed by atoms with Gasteiger partial charge in [0.1, 0.15) is 5.69 Å². The van der Waals surface area contributed by atoms with E-state index in [9.17, 15) is 4.79 Å². The molecule has 3 aromatic rings. The molecule has 0 atom stereocenters. The minimum absolute atomic E-state index is 0.229. The van der Waals surface area contributed by atoms with Crippen LogP contribution in [0.15, 0.2) is 64.3 Å². The monoisotopic (exact) mass is 324 g/mol. The van der Waals surface area contributed by atoms with Crippen molar-refractivity contribution in [3.63, 3.8) is 0 Å². The van der Waals surface area contributed by atoms with Gasteiger partial charge in [0.25, 0.3) is 5.56 Å². The number of aromatic amines is 1. The zero-order chi connectivity index (χ0) is 16.1. The van der Waals surface area contributed by atoms with Crippen LogP contribution in [0.5, 0.6) is 0 Å². The van der Waals surface area contributed by atoms with Gasteiger partial charge in [-0.2, -0.15) is 0 Å². The van der Waals surface area contributed by atoms with Crippen molar-refractivity contribution in [3.05, 3.63) is 76.2 Å². The van der Waals surface area contributed by atoms with E-state index in [1.54, 1.807) is 11.8 Å². The van der Waals surface area contributed by atoms with Gasteiger partial charge < -0.3 is 5.32 Å². The summed E-state index contributed by atoms with van der Waals surface area (Å²) in [6, 6.07) is 17.6. The van der Waals surface area contributed by atoms with Gasteiger partial charge in [0.05, 0.1) is 0 Å². The molecule has 0 amide bonds. The molecule has 0 aliphatic rings. The lowest BCUT2D eigenvalue weighted by Gasteiger charge is -2.06. The molecule has 0 saturated heterocycles. The maximum Gasteiger partial charge on any atom is 0.274 e. The first-order valence-corrected chi connectivity index (χ1v) is 8.38. The van der Waals surface area contributed by atoms with E-state index in [1.807, 2.05) is 60.9 Å². The van der Waals surface area contributed by atoms with Crippen molar-refractivity contribution < 1.29 is 0 Å². The van der Waals surface area contributed by atoms with Gasteiger partial charge >= 0.3 is 0 Å². The Morgan fingerprint density at radius 1 is 1.09 bits per heavy atom. The Labute approximate surface area is 138 Å². The number of thioether (sulfide) groups is 1. The number of hydrogen-bond donors (Lipinski definition) is 2. The van der Waals surface area contributed by atoms with Crippen LogP contribution >= 0.6 is 11.8 Å². The van der Waals surface area contributed by atoms with E-state index in [2.05, 4.69) is 20.5 Å². The minimum atomic E-state index is -0.229. The number of hydrogen-bond acceptors (Lipinski definition) is 5. The number of anilines is 2. The van der Waals surface area contributed by atoms with Gasteiger partial charge in [-0.15, -0.1) is 22.0 Å². The maximum atomic E-state index is 12.2. The molecule has 116 valence electrons. The topological polar surface area (TPSA) is 70.7 Å². The highest BCUT2D eigenvalue weighted by molar-refractivity contribution is 7.98. The largest absolute Gasteiger partial charge is 0.324 e. The molecule has 6 heteroatoms. The zero-order valence-electron chi connectivity index (χ0n) is 12.6. The molecule has 3 rings (SSSR count). The number of nitrogens with one attached hydrogen (secondary N) is 2. The number of aromatic nitrogens is 3. The standard InChI is InChI=1S/C17H16N4OS/c1-23-14-9-5-8-13(11-14)18-17-19-16(22)15(20-21-17)10-12-6-3-2-4-7-12/h2-9,11H,10H2,1H3,(H2,18,19,21,22). The molecule has 23 heavy (non-hydrogen) atoms. The molecule has 0 radical (unpaired) electrons. The Balaban J connectivity index is 1.77. The van der Waals surface area contributed by atoms with Gasteiger partial charge in [0.2, 0.25) is 5.95 Å². The molecule has 2 aromatic carbocycles. The van der Waals surface area contributed by atoms with Gasteiger partial charge in [0, 0.05) is 17.0 Å². The van der Waals surface area contributed by atoms with E-state index in [1.165, 1.54) is 0 Å². The van der Waals surface area contributed by atoms with Crippen LogP contribution < -0.4 is 10.9 Å². The van der Waals surface area contributed by atoms with Crippen molar-refractivity contribution in [1.29, 1.82) is 0 Å². The van der Waals surface area contributed by atoms with Crippen LogP contribution in [-0.4, -0.2) is 21.4 Å². The van der Waals surface area contributed by atoms with Gasteiger partial charge in [-0.1, -0.05) is 36.4 Å². The zero-order valence-corrected chi connectivity index (χ0v) is 13.4. The molecular weight excluding hydrogens is 308 g/mol. The Morgan fingerprint density at radius 3 is 2.65 bits per heavy atom.